The van der Waals surface area contributed by atoms with Crippen LogP contribution in [0.1, 0.15) is 23.3 Å². The minimum absolute atomic E-state index is 0.0545. The van der Waals surface area contributed by atoms with Crippen LogP contribution in [0, 0.1) is 10.7 Å². The Morgan fingerprint density at radius 2 is 2.31 bits per heavy atom. The summed E-state index contributed by atoms with van der Waals surface area (Å²) in [5.74, 6) is -1.96. The quantitative estimate of drug-likeness (QED) is 0.594. The standard InChI is InChI=1S/C16H17FN4O5/c1-8-7-26-15-12(18-3-4-20(2)19-25)11(17)5-9-13(15)21(8)6-10(14(9)22)16(23)24/h5-6,8,18H,3-4,7H2,1-2H3,(H,23,24)/t8-/m0/s1. The molecule has 0 saturated heterocycles. The number of likely N-dealkylation sites (N-methyl/N-ethyl adjacent to an activating group) is 1. The third kappa shape index (κ3) is 2.83. The van der Waals surface area contributed by atoms with Crippen LogP contribution in [0.3, 0.4) is 0 Å². The Morgan fingerprint density at radius 1 is 1.58 bits per heavy atom. The Balaban J connectivity index is 2.17. The number of carboxylic acids is 1. The highest BCUT2D eigenvalue weighted by Gasteiger charge is 2.27. The fourth-order valence-corrected chi connectivity index (χ4v) is 2.93. The minimum atomic E-state index is -1.37. The normalized spacial score (nSPS) is 15.4. The molecule has 9 nitrogen and oxygen atoms in total. The lowest BCUT2D eigenvalue weighted by Crippen LogP contribution is -2.27. The van der Waals surface area contributed by atoms with Crippen LogP contribution in [0.2, 0.25) is 0 Å². The molecule has 0 saturated carbocycles. The van der Waals surface area contributed by atoms with Crippen LogP contribution >= 0.6 is 0 Å². The van der Waals surface area contributed by atoms with Gasteiger partial charge in [-0.15, -0.1) is 4.91 Å². The van der Waals surface area contributed by atoms with E-state index in [-0.39, 0.29) is 42.6 Å². The molecule has 1 aliphatic heterocycles. The van der Waals surface area contributed by atoms with Gasteiger partial charge in [-0.3, -0.25) is 9.80 Å². The van der Waals surface area contributed by atoms with Crippen molar-refractivity contribution in [3.05, 3.63) is 38.8 Å². The van der Waals surface area contributed by atoms with Crippen molar-refractivity contribution in [1.29, 1.82) is 0 Å². The average molecular weight is 364 g/mol. The molecule has 0 unspecified atom stereocenters. The maximum absolute atomic E-state index is 14.6. The summed E-state index contributed by atoms with van der Waals surface area (Å²) in [4.78, 5) is 34.2. The Hall–Kier alpha value is -3.17. The lowest BCUT2D eigenvalue weighted by atomic mass is 10.1. The van der Waals surface area contributed by atoms with Crippen LogP contribution in [0.25, 0.3) is 10.9 Å². The molecular weight excluding hydrogens is 347 g/mol. The van der Waals surface area contributed by atoms with Gasteiger partial charge in [0.1, 0.15) is 17.9 Å². The van der Waals surface area contributed by atoms with E-state index >= 15 is 0 Å². The zero-order valence-corrected chi connectivity index (χ0v) is 14.2. The minimum Gasteiger partial charge on any atom is -0.487 e. The monoisotopic (exact) mass is 364 g/mol. The van der Waals surface area contributed by atoms with Crippen molar-refractivity contribution in [2.24, 2.45) is 5.29 Å². The summed E-state index contributed by atoms with van der Waals surface area (Å²) in [6.07, 6.45) is 1.26. The third-order valence-electron chi connectivity index (χ3n) is 4.27. The molecule has 0 aliphatic carbocycles. The molecule has 1 aromatic heterocycles. The second-order valence-corrected chi connectivity index (χ2v) is 6.09. The van der Waals surface area contributed by atoms with Crippen LogP contribution < -0.4 is 15.5 Å². The molecule has 2 aromatic rings. The summed E-state index contributed by atoms with van der Waals surface area (Å²) in [6, 6.07) is 0.780. The van der Waals surface area contributed by atoms with Gasteiger partial charge in [-0.1, -0.05) is 0 Å². The number of hydrogen-bond acceptors (Lipinski definition) is 6. The third-order valence-corrected chi connectivity index (χ3v) is 4.27. The van der Waals surface area contributed by atoms with Crippen molar-refractivity contribution in [2.75, 3.05) is 32.1 Å². The molecule has 1 aromatic carbocycles. The second kappa shape index (κ2) is 6.62. The number of nitrogens with zero attached hydrogens (tertiary/aromatic N) is 3. The SMILES string of the molecule is C[C@H]1COc2c(NCCN(C)N=O)c(F)cc3c(=O)c(C(=O)O)cn1c23. The number of pyridine rings is 1. The van der Waals surface area contributed by atoms with Crippen molar-refractivity contribution in [1.82, 2.24) is 9.58 Å². The first-order valence-corrected chi connectivity index (χ1v) is 7.90. The average Bonchev–Trinajstić information content (AvgIpc) is 2.60. The summed E-state index contributed by atoms with van der Waals surface area (Å²) >= 11 is 0. The number of aromatic nitrogens is 1. The lowest BCUT2D eigenvalue weighted by molar-refractivity contribution is 0.0694. The molecule has 0 bridgehead atoms. The molecule has 2 N–H and O–H groups in total. The van der Waals surface area contributed by atoms with Gasteiger partial charge in [-0.2, -0.15) is 0 Å². The van der Waals surface area contributed by atoms with Gasteiger partial charge in [-0.05, 0) is 13.0 Å². The second-order valence-electron chi connectivity index (χ2n) is 6.09. The maximum Gasteiger partial charge on any atom is 0.341 e. The maximum atomic E-state index is 14.6. The number of aromatic carboxylic acids is 1. The summed E-state index contributed by atoms with van der Waals surface area (Å²) < 4.78 is 21.9. The van der Waals surface area contributed by atoms with Crippen molar-refractivity contribution in [3.63, 3.8) is 0 Å². The Kier molecular flexibility index (Phi) is 4.49. The van der Waals surface area contributed by atoms with Gasteiger partial charge in [0.15, 0.2) is 11.6 Å². The van der Waals surface area contributed by atoms with Crippen LogP contribution in [-0.2, 0) is 0 Å². The van der Waals surface area contributed by atoms with Crippen molar-refractivity contribution >= 4 is 22.6 Å². The number of rotatable bonds is 6. The first-order valence-electron chi connectivity index (χ1n) is 7.90. The highest BCUT2D eigenvalue weighted by atomic mass is 19.1. The number of carboxylic acid groups (broad SMARTS) is 1. The predicted molar refractivity (Wildman–Crippen MR) is 92.2 cm³/mol. The first kappa shape index (κ1) is 17.6. The summed E-state index contributed by atoms with van der Waals surface area (Å²) in [7, 11) is 1.48. The number of carbonyl (C=O) groups is 1. The van der Waals surface area contributed by atoms with Gasteiger partial charge in [0.05, 0.1) is 28.8 Å². The number of nitroso groups, excluding NO2 is 1. The molecular formula is C16H17FN4O5. The van der Waals surface area contributed by atoms with E-state index in [1.807, 2.05) is 0 Å². The zero-order valence-electron chi connectivity index (χ0n) is 14.2. The zero-order chi connectivity index (χ0) is 19.0. The smallest absolute Gasteiger partial charge is 0.341 e. The highest BCUT2D eigenvalue weighted by Crippen LogP contribution is 2.39. The Labute approximate surface area is 146 Å². The molecule has 0 amide bonds. The molecule has 3 rings (SSSR count). The van der Waals surface area contributed by atoms with Crippen LogP contribution in [0.5, 0.6) is 5.75 Å². The van der Waals surface area contributed by atoms with Crippen molar-refractivity contribution in [2.45, 2.75) is 13.0 Å². The van der Waals surface area contributed by atoms with E-state index in [1.165, 1.54) is 13.2 Å². The van der Waals surface area contributed by atoms with Crippen LogP contribution in [0.4, 0.5) is 10.1 Å². The highest BCUT2D eigenvalue weighted by molar-refractivity contribution is 5.97. The number of anilines is 1. The van der Waals surface area contributed by atoms with Crippen LogP contribution in [0.15, 0.2) is 22.3 Å². The van der Waals surface area contributed by atoms with Gasteiger partial charge in [-0.25, -0.2) is 9.18 Å². The first-order chi connectivity index (χ1) is 12.3. The van der Waals surface area contributed by atoms with Crippen molar-refractivity contribution < 1.29 is 19.0 Å². The summed E-state index contributed by atoms with van der Waals surface area (Å²) in [5.41, 5.74) is -0.793. The number of benzene rings is 1. The van der Waals surface area contributed by atoms with E-state index in [0.29, 0.717) is 5.52 Å². The fourth-order valence-electron chi connectivity index (χ4n) is 2.93. The van der Waals surface area contributed by atoms with E-state index < -0.39 is 22.8 Å². The number of halogens is 1. The molecule has 0 radical (unpaired) electrons. The Morgan fingerprint density at radius 3 is 2.96 bits per heavy atom. The van der Waals surface area contributed by atoms with E-state index in [2.05, 4.69) is 10.6 Å². The molecule has 10 heteroatoms. The van der Waals surface area contributed by atoms with Crippen LogP contribution in [-0.4, -0.2) is 47.4 Å². The largest absolute Gasteiger partial charge is 0.487 e. The molecule has 138 valence electrons. The molecule has 0 spiro atoms. The summed E-state index contributed by atoms with van der Waals surface area (Å²) in [6.45, 7) is 2.45. The van der Waals surface area contributed by atoms with E-state index in [4.69, 9.17) is 4.74 Å². The predicted octanol–water partition coefficient (Wildman–Crippen LogP) is 1.82. The van der Waals surface area contributed by atoms with E-state index in [0.717, 1.165) is 11.1 Å². The van der Waals surface area contributed by atoms with E-state index in [1.54, 1.807) is 11.5 Å². The topological polar surface area (TPSA) is 113 Å². The lowest BCUT2D eigenvalue weighted by Gasteiger charge is -2.28. The Bertz CT molecular complexity index is 958. The molecule has 0 fully saturated rings. The van der Waals surface area contributed by atoms with Gasteiger partial charge in [0, 0.05) is 19.8 Å². The molecule has 1 aliphatic rings. The molecule has 26 heavy (non-hydrogen) atoms. The van der Waals surface area contributed by atoms with Crippen molar-refractivity contribution in [3.8, 4) is 5.75 Å². The number of ether oxygens (including phenoxy) is 1. The molecule has 1 atom stereocenters. The number of hydrogen-bond donors (Lipinski definition) is 2. The van der Waals surface area contributed by atoms with Gasteiger partial charge in [0.2, 0.25) is 5.43 Å². The summed E-state index contributed by atoms with van der Waals surface area (Å²) in [5, 5.41) is 15.9. The number of nitrogens with one attached hydrogen (secondary N) is 1. The fraction of sp³-hybridized carbons (Fsp3) is 0.375. The van der Waals surface area contributed by atoms with Gasteiger partial charge < -0.3 is 19.7 Å². The van der Waals surface area contributed by atoms with Gasteiger partial charge in [0.25, 0.3) is 0 Å². The molecule has 2 heterocycles. The van der Waals surface area contributed by atoms with Gasteiger partial charge >= 0.3 is 5.97 Å². The van der Waals surface area contributed by atoms with E-state index in [9.17, 15) is 24.0 Å².